The van der Waals surface area contributed by atoms with Crippen molar-refractivity contribution in [1.29, 1.82) is 0 Å². The van der Waals surface area contributed by atoms with E-state index in [2.05, 4.69) is 27.0 Å². The van der Waals surface area contributed by atoms with Crippen molar-refractivity contribution in [1.82, 2.24) is 15.0 Å². The Morgan fingerprint density at radius 3 is 2.48 bits per heavy atom. The normalized spacial score (nSPS) is 10.2. The number of hydrogen-bond donors (Lipinski definition) is 2. The first-order chi connectivity index (χ1) is 13.0. The third-order valence-corrected chi connectivity index (χ3v) is 3.45. The molecule has 9 heteroatoms. The van der Waals surface area contributed by atoms with Crippen LogP contribution < -0.4 is 11.1 Å². The van der Waals surface area contributed by atoms with E-state index in [0.717, 1.165) is 5.69 Å². The lowest BCUT2D eigenvalue weighted by atomic mass is 10.2. The number of carbonyl (C=O) groups excluding carboxylic acids is 1. The van der Waals surface area contributed by atoms with Crippen LogP contribution in [-0.2, 0) is 11.3 Å². The molecule has 0 saturated carbocycles. The predicted octanol–water partition coefficient (Wildman–Crippen LogP) is 2.40. The highest BCUT2D eigenvalue weighted by Gasteiger charge is 2.11. The Labute approximate surface area is 154 Å². The molecule has 1 heterocycles. The largest absolute Gasteiger partial charge is 0.619 e. The number of hydrogen-bond acceptors (Lipinski definition) is 8. The van der Waals surface area contributed by atoms with E-state index in [1.54, 1.807) is 0 Å². The standard InChI is InChI=1S/C18H16N6O3/c1-24(26)14-9-7-12(8-10-14)16(25)27-11-15-21-17(19)23-18(22-15)20-13-5-3-2-4-6-13/h2-10H,1,11H2,(H3,19,20,21,22,23). The van der Waals surface area contributed by atoms with Gasteiger partial charge in [-0.1, -0.05) is 18.2 Å². The molecule has 3 N–H and O–H groups in total. The molecule has 136 valence electrons. The number of carbonyl (C=O) groups is 1. The fourth-order valence-electron chi connectivity index (χ4n) is 2.19. The smallest absolute Gasteiger partial charge is 0.338 e. The number of nitrogens with two attached hydrogens (primary N) is 1. The van der Waals surface area contributed by atoms with E-state index < -0.39 is 5.97 Å². The van der Waals surface area contributed by atoms with Gasteiger partial charge in [0.25, 0.3) is 0 Å². The summed E-state index contributed by atoms with van der Waals surface area (Å²) in [6, 6.07) is 15.2. The van der Waals surface area contributed by atoms with Crippen LogP contribution >= 0.6 is 0 Å². The summed E-state index contributed by atoms with van der Waals surface area (Å²) in [5.74, 6) is -0.131. The lowest BCUT2D eigenvalue weighted by Crippen LogP contribution is -2.11. The van der Waals surface area contributed by atoms with E-state index in [1.165, 1.54) is 24.3 Å². The molecule has 3 rings (SSSR count). The fourth-order valence-corrected chi connectivity index (χ4v) is 2.19. The zero-order valence-corrected chi connectivity index (χ0v) is 14.2. The predicted molar refractivity (Wildman–Crippen MR) is 99.9 cm³/mol. The molecule has 0 aliphatic rings. The number of ether oxygens (including phenoxy) is 1. The fraction of sp³-hybridized carbons (Fsp3) is 0.0556. The Kier molecular flexibility index (Phi) is 5.22. The number of rotatable bonds is 6. The maximum Gasteiger partial charge on any atom is 0.338 e. The monoisotopic (exact) mass is 364 g/mol. The van der Waals surface area contributed by atoms with Crippen LogP contribution in [0.4, 0.5) is 23.3 Å². The molecule has 0 atom stereocenters. The van der Waals surface area contributed by atoms with Crippen molar-refractivity contribution in [2.24, 2.45) is 0 Å². The summed E-state index contributed by atoms with van der Waals surface area (Å²) < 4.78 is 5.64. The Hall–Kier alpha value is -4.01. The maximum absolute atomic E-state index is 12.1. The molecule has 0 spiro atoms. The number of anilines is 3. The van der Waals surface area contributed by atoms with Crippen LogP contribution in [0, 0.1) is 5.21 Å². The summed E-state index contributed by atoms with van der Waals surface area (Å²) in [7, 11) is 0. The number of para-hydroxylation sites is 1. The van der Waals surface area contributed by atoms with Gasteiger partial charge < -0.3 is 21.0 Å². The maximum atomic E-state index is 12.1. The van der Waals surface area contributed by atoms with Crippen molar-refractivity contribution in [3.63, 3.8) is 0 Å². The van der Waals surface area contributed by atoms with E-state index >= 15 is 0 Å². The second kappa shape index (κ2) is 7.91. The van der Waals surface area contributed by atoms with Gasteiger partial charge in [0.15, 0.2) is 12.4 Å². The van der Waals surface area contributed by atoms with Crippen LogP contribution in [-0.4, -0.2) is 32.4 Å². The number of esters is 1. The van der Waals surface area contributed by atoms with Crippen LogP contribution in [0.1, 0.15) is 16.2 Å². The zero-order valence-electron chi connectivity index (χ0n) is 14.2. The second-order valence-electron chi connectivity index (χ2n) is 5.43. The molecular formula is C18H16N6O3. The molecule has 9 nitrogen and oxygen atoms in total. The van der Waals surface area contributed by atoms with Gasteiger partial charge >= 0.3 is 5.97 Å². The molecule has 0 aliphatic carbocycles. The first-order valence-electron chi connectivity index (χ1n) is 7.89. The van der Waals surface area contributed by atoms with Gasteiger partial charge in [0, 0.05) is 17.8 Å². The molecule has 27 heavy (non-hydrogen) atoms. The van der Waals surface area contributed by atoms with Crippen molar-refractivity contribution in [2.75, 3.05) is 11.1 Å². The van der Waals surface area contributed by atoms with Crippen LogP contribution in [0.15, 0.2) is 54.6 Å². The number of nitrogen functional groups attached to an aromatic ring is 1. The molecular weight excluding hydrogens is 348 g/mol. The third kappa shape index (κ3) is 4.75. The summed E-state index contributed by atoms with van der Waals surface area (Å²) in [6.07, 6.45) is 0. The summed E-state index contributed by atoms with van der Waals surface area (Å²) in [5.41, 5.74) is 7.08. The highest BCUT2D eigenvalue weighted by atomic mass is 16.5. The summed E-state index contributed by atoms with van der Waals surface area (Å²) in [6.45, 7) is 3.05. The molecule has 3 aromatic rings. The minimum Gasteiger partial charge on any atom is -0.619 e. The van der Waals surface area contributed by atoms with Crippen LogP contribution in [0.3, 0.4) is 0 Å². The van der Waals surface area contributed by atoms with Crippen LogP contribution in [0.2, 0.25) is 0 Å². The second-order valence-corrected chi connectivity index (χ2v) is 5.43. The highest BCUT2D eigenvalue weighted by Crippen LogP contribution is 2.15. The van der Waals surface area contributed by atoms with E-state index in [-0.39, 0.29) is 29.9 Å². The Morgan fingerprint density at radius 1 is 1.11 bits per heavy atom. The highest BCUT2D eigenvalue weighted by molar-refractivity contribution is 5.89. The van der Waals surface area contributed by atoms with Gasteiger partial charge in [-0.15, -0.1) is 0 Å². The van der Waals surface area contributed by atoms with Crippen LogP contribution in [0.5, 0.6) is 0 Å². The summed E-state index contributed by atoms with van der Waals surface area (Å²) in [4.78, 5) is 24.3. The summed E-state index contributed by atoms with van der Waals surface area (Å²) in [5, 5.41) is 14.1. The van der Waals surface area contributed by atoms with Gasteiger partial charge in [0.05, 0.1) is 5.56 Å². The lowest BCUT2D eigenvalue weighted by molar-refractivity contribution is -0.349. The van der Waals surface area contributed by atoms with Gasteiger partial charge in [-0.3, -0.25) is 0 Å². The minimum absolute atomic E-state index is 0.00446. The zero-order chi connectivity index (χ0) is 19.2. The SMILES string of the molecule is C=[N+]([O-])c1ccc(C(=O)OCc2nc(N)nc(Nc3ccccc3)n2)cc1. The van der Waals surface area contributed by atoms with Crippen molar-refractivity contribution >= 4 is 36.0 Å². The average molecular weight is 364 g/mol. The summed E-state index contributed by atoms with van der Waals surface area (Å²) >= 11 is 0. The number of aromatic nitrogens is 3. The molecule has 2 aromatic carbocycles. The van der Waals surface area contributed by atoms with Crippen molar-refractivity contribution in [3.05, 3.63) is 71.2 Å². The first kappa shape index (κ1) is 17.8. The molecule has 0 amide bonds. The molecule has 0 unspecified atom stereocenters. The van der Waals surface area contributed by atoms with E-state index in [9.17, 15) is 10.0 Å². The van der Waals surface area contributed by atoms with E-state index in [0.29, 0.717) is 10.4 Å². The van der Waals surface area contributed by atoms with Gasteiger partial charge in [0.2, 0.25) is 17.6 Å². The topological polar surface area (TPSA) is 129 Å². The molecule has 0 radical (unpaired) electrons. The minimum atomic E-state index is -0.584. The van der Waals surface area contributed by atoms with Crippen LogP contribution in [0.25, 0.3) is 0 Å². The Balaban J connectivity index is 1.66. The number of nitrogens with one attached hydrogen (secondary N) is 1. The first-order valence-corrected chi connectivity index (χ1v) is 7.89. The van der Waals surface area contributed by atoms with Gasteiger partial charge in [-0.05, 0) is 24.3 Å². The van der Waals surface area contributed by atoms with Crippen molar-refractivity contribution < 1.29 is 14.3 Å². The number of nitrogens with zero attached hydrogens (tertiary/aromatic N) is 4. The Morgan fingerprint density at radius 2 is 1.81 bits per heavy atom. The molecule has 1 aromatic heterocycles. The van der Waals surface area contributed by atoms with Crippen molar-refractivity contribution in [3.8, 4) is 0 Å². The number of benzene rings is 2. The molecule has 0 bridgehead atoms. The molecule has 0 aliphatic heterocycles. The van der Waals surface area contributed by atoms with Gasteiger partial charge in [-0.2, -0.15) is 19.7 Å². The average Bonchev–Trinajstić information content (AvgIpc) is 2.66. The third-order valence-electron chi connectivity index (χ3n) is 3.45. The van der Waals surface area contributed by atoms with Gasteiger partial charge in [0.1, 0.15) is 6.72 Å². The molecule has 0 saturated heterocycles. The lowest BCUT2D eigenvalue weighted by Gasteiger charge is -2.08. The van der Waals surface area contributed by atoms with Gasteiger partial charge in [-0.25, -0.2) is 4.79 Å². The quantitative estimate of drug-likeness (QED) is 0.224. The van der Waals surface area contributed by atoms with E-state index in [1.807, 2.05) is 30.3 Å². The van der Waals surface area contributed by atoms with E-state index in [4.69, 9.17) is 10.5 Å². The van der Waals surface area contributed by atoms with Crippen molar-refractivity contribution in [2.45, 2.75) is 6.61 Å². The molecule has 0 fully saturated rings. The Bertz CT molecular complexity index is 961.